The van der Waals surface area contributed by atoms with E-state index in [0.29, 0.717) is 12.3 Å². The second kappa shape index (κ2) is 15.6. The zero-order chi connectivity index (χ0) is 29.7. The van der Waals surface area contributed by atoms with Gasteiger partial charge in [0.2, 0.25) is 10.0 Å². The molecule has 0 saturated carbocycles. The number of benzene rings is 2. The van der Waals surface area contributed by atoms with Gasteiger partial charge in [0.25, 0.3) is 0 Å². The van der Waals surface area contributed by atoms with Crippen molar-refractivity contribution in [2.24, 2.45) is 5.14 Å². The van der Waals surface area contributed by atoms with Gasteiger partial charge in [-0.1, -0.05) is 31.5 Å². The predicted octanol–water partition coefficient (Wildman–Crippen LogP) is 3.34. The molecule has 0 spiro atoms. The summed E-state index contributed by atoms with van der Waals surface area (Å²) >= 11 is 0. The van der Waals surface area contributed by atoms with Crippen LogP contribution in [0.4, 0.5) is 5.69 Å². The van der Waals surface area contributed by atoms with Gasteiger partial charge < -0.3 is 24.3 Å². The summed E-state index contributed by atoms with van der Waals surface area (Å²) in [5, 5.41) is 8.52. The lowest BCUT2D eigenvalue weighted by Crippen LogP contribution is -2.26. The van der Waals surface area contributed by atoms with Gasteiger partial charge in [0, 0.05) is 13.0 Å². The number of ether oxygens (including phenoxy) is 4. The number of hydrogen-bond donors (Lipinski definition) is 2. The lowest BCUT2D eigenvalue weighted by Gasteiger charge is -2.17. The van der Waals surface area contributed by atoms with Crippen molar-refractivity contribution in [1.82, 2.24) is 0 Å². The summed E-state index contributed by atoms with van der Waals surface area (Å²) in [6.45, 7) is 4.83. The monoisotopic (exact) mass is 578 g/mol. The van der Waals surface area contributed by atoms with Crippen molar-refractivity contribution in [2.45, 2.75) is 57.5 Å². The maximum absolute atomic E-state index is 12.8. The number of nitrogens with one attached hydrogen (secondary N) is 1. The van der Waals surface area contributed by atoms with Crippen LogP contribution in [0.3, 0.4) is 0 Å². The first-order valence-electron chi connectivity index (χ1n) is 12.7. The first kappa shape index (κ1) is 32.2. The van der Waals surface area contributed by atoms with Crippen molar-refractivity contribution in [1.29, 1.82) is 0 Å². The van der Waals surface area contributed by atoms with E-state index in [-0.39, 0.29) is 36.4 Å². The summed E-state index contributed by atoms with van der Waals surface area (Å²) in [7, 11) is -4.36. The molecule has 0 aliphatic carbocycles. The molecular formula is C27H34N2O10S. The first-order chi connectivity index (χ1) is 19.0. The summed E-state index contributed by atoms with van der Waals surface area (Å²) in [6.07, 6.45) is -0.171. The van der Waals surface area contributed by atoms with Crippen molar-refractivity contribution in [2.75, 3.05) is 25.1 Å². The first-order valence-corrected chi connectivity index (χ1v) is 14.2. The van der Waals surface area contributed by atoms with Gasteiger partial charge in [-0.15, -0.1) is 0 Å². The van der Waals surface area contributed by atoms with Gasteiger partial charge in [-0.25, -0.2) is 23.1 Å². The standard InChI is InChI=1S/C27H34N2O10S/c1-4-6-14-29-22-15-19(16-23(40(28,34)35)25(22)39-21-10-8-7-9-11-21)27(33)37-17-20(30)12-13-24(31)38-18(3)26(32)36-5-2/h7-11,15-16,18,29H,4-6,12-14,17H2,1-3H3,(H2,28,34,35)/t18-/m0/s1. The summed E-state index contributed by atoms with van der Waals surface area (Å²) in [6, 6.07) is 10.8. The van der Waals surface area contributed by atoms with Crippen LogP contribution in [0.15, 0.2) is 47.4 Å². The number of ketones is 1. The highest BCUT2D eigenvalue weighted by Gasteiger charge is 2.25. The quantitative estimate of drug-likeness (QED) is 0.170. The molecule has 0 unspecified atom stereocenters. The summed E-state index contributed by atoms with van der Waals surface area (Å²) < 4.78 is 45.5. The lowest BCUT2D eigenvalue weighted by molar-refractivity contribution is -0.166. The molecule has 0 saturated heterocycles. The third-order valence-corrected chi connectivity index (χ3v) is 6.22. The van der Waals surface area contributed by atoms with E-state index in [1.165, 1.54) is 13.0 Å². The van der Waals surface area contributed by atoms with E-state index < -0.39 is 51.3 Å². The number of carbonyl (C=O) groups is 4. The molecule has 0 aliphatic heterocycles. The van der Waals surface area contributed by atoms with Crippen LogP contribution in [0.2, 0.25) is 0 Å². The maximum atomic E-state index is 12.8. The Hall–Kier alpha value is -3.97. The van der Waals surface area contributed by atoms with Crippen LogP contribution >= 0.6 is 0 Å². The van der Waals surface area contributed by atoms with Crippen LogP contribution < -0.4 is 15.2 Å². The van der Waals surface area contributed by atoms with Crippen LogP contribution in [-0.4, -0.2) is 58.0 Å². The minimum Gasteiger partial charge on any atom is -0.463 e. The predicted molar refractivity (Wildman–Crippen MR) is 144 cm³/mol. The average Bonchev–Trinajstić information content (AvgIpc) is 2.91. The van der Waals surface area contributed by atoms with Crippen LogP contribution in [0.1, 0.15) is 56.8 Å². The molecule has 13 heteroatoms. The zero-order valence-electron chi connectivity index (χ0n) is 22.6. The van der Waals surface area contributed by atoms with Crippen molar-refractivity contribution in [3.8, 4) is 11.5 Å². The fourth-order valence-electron chi connectivity index (χ4n) is 3.28. The fourth-order valence-corrected chi connectivity index (χ4v) is 3.98. The van der Waals surface area contributed by atoms with Gasteiger partial charge in [0.05, 0.1) is 24.3 Å². The lowest BCUT2D eigenvalue weighted by atomic mass is 10.1. The van der Waals surface area contributed by atoms with Gasteiger partial charge in [-0.2, -0.15) is 0 Å². The second-order valence-electron chi connectivity index (χ2n) is 8.59. The Morgan fingerprint density at radius 1 is 1.00 bits per heavy atom. The molecule has 3 N–H and O–H groups in total. The number of para-hydroxylation sites is 1. The highest BCUT2D eigenvalue weighted by atomic mass is 32.2. The van der Waals surface area contributed by atoms with E-state index in [2.05, 4.69) is 5.32 Å². The Bertz CT molecular complexity index is 1300. The topological polar surface area (TPSA) is 177 Å². The van der Waals surface area contributed by atoms with Gasteiger partial charge in [-0.05, 0) is 44.5 Å². The van der Waals surface area contributed by atoms with Crippen LogP contribution in [0.5, 0.6) is 11.5 Å². The molecule has 2 aromatic carbocycles. The number of esters is 3. The molecule has 0 aromatic heterocycles. The number of carbonyl (C=O) groups excluding carboxylic acids is 4. The normalized spacial score (nSPS) is 11.7. The Morgan fingerprint density at radius 2 is 1.70 bits per heavy atom. The minimum absolute atomic E-state index is 0.0898. The smallest absolute Gasteiger partial charge is 0.347 e. The number of hydrogen-bond acceptors (Lipinski definition) is 11. The van der Waals surface area contributed by atoms with E-state index in [1.54, 1.807) is 37.3 Å². The Balaban J connectivity index is 2.15. The molecule has 2 aromatic rings. The number of primary sulfonamides is 1. The van der Waals surface area contributed by atoms with Gasteiger partial charge in [0.15, 0.2) is 17.6 Å². The molecular weight excluding hydrogens is 544 g/mol. The minimum atomic E-state index is -4.36. The molecule has 0 bridgehead atoms. The fraction of sp³-hybridized carbons (Fsp3) is 0.407. The Morgan fingerprint density at radius 3 is 2.33 bits per heavy atom. The molecule has 0 heterocycles. The van der Waals surface area contributed by atoms with Gasteiger partial charge in [-0.3, -0.25) is 9.59 Å². The average molecular weight is 579 g/mol. The number of sulfonamides is 1. The second-order valence-corrected chi connectivity index (χ2v) is 10.1. The van der Waals surface area contributed by atoms with Crippen LogP contribution in [-0.2, 0) is 38.6 Å². The molecule has 0 fully saturated rings. The van der Waals surface area contributed by atoms with Crippen LogP contribution in [0.25, 0.3) is 0 Å². The van der Waals surface area contributed by atoms with Crippen molar-refractivity contribution >= 4 is 39.4 Å². The SMILES string of the molecule is CCCCNc1cc(C(=O)OCC(=O)CCC(=O)O[C@@H](C)C(=O)OCC)cc(S(N)(=O)=O)c1Oc1ccccc1. The highest BCUT2D eigenvalue weighted by molar-refractivity contribution is 7.89. The molecule has 40 heavy (non-hydrogen) atoms. The Kier molecular flexibility index (Phi) is 12.6. The molecule has 0 aliphatic rings. The molecule has 218 valence electrons. The van der Waals surface area contributed by atoms with Gasteiger partial charge in [0.1, 0.15) is 17.3 Å². The third-order valence-electron chi connectivity index (χ3n) is 5.30. The summed E-state index contributed by atoms with van der Waals surface area (Å²) in [4.78, 5) is 48.0. The molecule has 0 radical (unpaired) electrons. The van der Waals surface area contributed by atoms with Crippen molar-refractivity contribution in [3.05, 3.63) is 48.0 Å². The molecule has 0 amide bonds. The third kappa shape index (κ3) is 10.3. The summed E-state index contributed by atoms with van der Waals surface area (Å²) in [5.74, 6) is -2.82. The number of Topliss-reactive ketones (excluding diaryl/α,β-unsaturated/α-hetero) is 1. The van der Waals surface area contributed by atoms with E-state index >= 15 is 0 Å². The van der Waals surface area contributed by atoms with E-state index in [4.69, 9.17) is 24.1 Å². The number of rotatable bonds is 16. The zero-order valence-corrected chi connectivity index (χ0v) is 23.5. The summed E-state index contributed by atoms with van der Waals surface area (Å²) in [5.41, 5.74) is 0.0134. The maximum Gasteiger partial charge on any atom is 0.347 e. The van der Waals surface area contributed by atoms with Gasteiger partial charge >= 0.3 is 17.9 Å². The molecule has 1 atom stereocenters. The van der Waals surface area contributed by atoms with Crippen molar-refractivity contribution in [3.63, 3.8) is 0 Å². The van der Waals surface area contributed by atoms with E-state index in [1.807, 2.05) is 6.92 Å². The van der Waals surface area contributed by atoms with E-state index in [9.17, 15) is 27.6 Å². The Labute approximate surface area is 233 Å². The molecule has 12 nitrogen and oxygen atoms in total. The highest BCUT2D eigenvalue weighted by Crippen LogP contribution is 2.37. The number of nitrogens with two attached hydrogens (primary N) is 1. The number of unbranched alkanes of at least 4 members (excludes halogenated alkanes) is 1. The number of anilines is 1. The van der Waals surface area contributed by atoms with Crippen LogP contribution in [0, 0.1) is 0 Å². The molecule has 2 rings (SSSR count). The van der Waals surface area contributed by atoms with Crippen molar-refractivity contribution < 1.29 is 46.5 Å². The van der Waals surface area contributed by atoms with E-state index in [0.717, 1.165) is 18.9 Å². The largest absolute Gasteiger partial charge is 0.463 e.